The number of amides is 1. The number of hydrazine groups is 1. The molecule has 1 fully saturated rings. The lowest BCUT2D eigenvalue weighted by molar-refractivity contribution is -0.124. The number of fused-ring (bicyclic) bond motifs is 1. The number of aromatic nitrogens is 2. The van der Waals surface area contributed by atoms with Gasteiger partial charge in [-0.05, 0) is 62.0 Å². The Balaban J connectivity index is 1.36. The Bertz CT molecular complexity index is 1360. The van der Waals surface area contributed by atoms with E-state index in [1.807, 2.05) is 56.5 Å². The molecule has 3 heterocycles. The third-order valence-corrected chi connectivity index (χ3v) is 6.66. The summed E-state index contributed by atoms with van der Waals surface area (Å²) in [7, 11) is 0. The Kier molecular flexibility index (Phi) is 6.86. The highest BCUT2D eigenvalue weighted by atomic mass is 32.1. The zero-order chi connectivity index (χ0) is 25.1. The number of rotatable bonds is 7. The van der Waals surface area contributed by atoms with E-state index in [9.17, 15) is 4.79 Å². The van der Waals surface area contributed by atoms with Crippen molar-refractivity contribution in [2.45, 2.75) is 32.2 Å². The second-order valence-electron chi connectivity index (χ2n) is 9.85. The third-order valence-electron chi connectivity index (χ3n) is 5.75. The summed E-state index contributed by atoms with van der Waals surface area (Å²) in [5, 5.41) is 8.40. The summed E-state index contributed by atoms with van der Waals surface area (Å²) in [6.45, 7) is 7.63. The van der Waals surface area contributed by atoms with Crippen LogP contribution in [0.25, 0.3) is 21.6 Å². The van der Waals surface area contributed by atoms with Gasteiger partial charge in [-0.15, -0.1) is 11.3 Å². The first-order chi connectivity index (χ1) is 17.3. The third kappa shape index (κ3) is 5.81. The molecule has 36 heavy (non-hydrogen) atoms. The number of nitrogens with zero attached hydrogens (tertiary/aromatic N) is 2. The van der Waals surface area contributed by atoms with E-state index in [1.165, 1.54) is 5.56 Å². The SMILES string of the molecule is CC(C)(C)NC(=O)COc1cccc(-c2nc(Nc3ccc(C4CNNC4)cc3)c3sccc3n2)c1. The van der Waals surface area contributed by atoms with E-state index in [0.717, 1.165) is 40.4 Å². The molecule has 0 bridgehead atoms. The van der Waals surface area contributed by atoms with Gasteiger partial charge < -0.3 is 15.4 Å². The average Bonchev–Trinajstić information content (AvgIpc) is 3.55. The van der Waals surface area contributed by atoms with Crippen LogP contribution in [0, 0.1) is 0 Å². The molecule has 8 nitrogen and oxygen atoms in total. The lowest BCUT2D eigenvalue weighted by Gasteiger charge is -2.20. The number of carbonyl (C=O) groups excluding carboxylic acids is 1. The fourth-order valence-electron chi connectivity index (χ4n) is 4.08. The topological polar surface area (TPSA) is 100 Å². The molecule has 9 heteroatoms. The van der Waals surface area contributed by atoms with Crippen molar-refractivity contribution in [1.29, 1.82) is 0 Å². The quantitative estimate of drug-likeness (QED) is 0.293. The molecule has 0 radical (unpaired) electrons. The first kappa shape index (κ1) is 24.2. The van der Waals surface area contributed by atoms with Gasteiger partial charge in [0.1, 0.15) is 5.75 Å². The first-order valence-corrected chi connectivity index (χ1v) is 12.8. The van der Waals surface area contributed by atoms with Crippen molar-refractivity contribution < 1.29 is 9.53 Å². The maximum absolute atomic E-state index is 12.1. The summed E-state index contributed by atoms with van der Waals surface area (Å²) in [4.78, 5) is 21.8. The van der Waals surface area contributed by atoms with Gasteiger partial charge in [0.15, 0.2) is 18.2 Å². The molecule has 0 saturated carbocycles. The smallest absolute Gasteiger partial charge is 0.258 e. The molecule has 1 amide bonds. The van der Waals surface area contributed by atoms with Gasteiger partial charge in [0.2, 0.25) is 0 Å². The molecule has 4 aromatic rings. The monoisotopic (exact) mass is 502 g/mol. The first-order valence-electron chi connectivity index (χ1n) is 12.0. The molecule has 0 spiro atoms. The second kappa shape index (κ2) is 10.2. The van der Waals surface area contributed by atoms with Crippen LogP contribution in [-0.2, 0) is 4.79 Å². The molecule has 5 rings (SSSR count). The fraction of sp³-hybridized carbons (Fsp3) is 0.296. The van der Waals surface area contributed by atoms with Crippen molar-refractivity contribution >= 4 is 39.0 Å². The van der Waals surface area contributed by atoms with Crippen molar-refractivity contribution in [3.8, 4) is 17.1 Å². The van der Waals surface area contributed by atoms with Crippen LogP contribution in [0.5, 0.6) is 5.75 Å². The van der Waals surface area contributed by atoms with Crippen LogP contribution in [0.3, 0.4) is 0 Å². The zero-order valence-corrected chi connectivity index (χ0v) is 21.4. The highest BCUT2D eigenvalue weighted by Gasteiger charge is 2.17. The Morgan fingerprint density at radius 2 is 1.86 bits per heavy atom. The van der Waals surface area contributed by atoms with Crippen LogP contribution in [0.4, 0.5) is 11.5 Å². The Morgan fingerprint density at radius 1 is 1.08 bits per heavy atom. The van der Waals surface area contributed by atoms with Gasteiger partial charge in [-0.1, -0.05) is 24.3 Å². The van der Waals surface area contributed by atoms with Crippen molar-refractivity contribution in [1.82, 2.24) is 26.1 Å². The van der Waals surface area contributed by atoms with E-state index in [0.29, 0.717) is 17.5 Å². The number of hydrogen-bond acceptors (Lipinski definition) is 8. The maximum Gasteiger partial charge on any atom is 0.258 e. The summed E-state index contributed by atoms with van der Waals surface area (Å²) < 4.78 is 6.74. The van der Waals surface area contributed by atoms with Gasteiger partial charge in [-0.2, -0.15) is 0 Å². The number of thiophene rings is 1. The van der Waals surface area contributed by atoms with Crippen molar-refractivity contribution in [3.63, 3.8) is 0 Å². The average molecular weight is 503 g/mol. The number of benzene rings is 2. The number of anilines is 2. The summed E-state index contributed by atoms with van der Waals surface area (Å²) in [6.07, 6.45) is 0. The predicted molar refractivity (Wildman–Crippen MR) is 145 cm³/mol. The highest BCUT2D eigenvalue weighted by molar-refractivity contribution is 7.17. The molecule has 0 unspecified atom stereocenters. The Morgan fingerprint density at radius 3 is 2.61 bits per heavy atom. The molecule has 0 aliphatic carbocycles. The molecular weight excluding hydrogens is 472 g/mol. The highest BCUT2D eigenvalue weighted by Crippen LogP contribution is 2.32. The molecule has 4 N–H and O–H groups in total. The van der Waals surface area contributed by atoms with E-state index < -0.39 is 0 Å². The largest absolute Gasteiger partial charge is 0.484 e. The van der Waals surface area contributed by atoms with Gasteiger partial charge in [-0.3, -0.25) is 15.6 Å². The van der Waals surface area contributed by atoms with Crippen LogP contribution < -0.4 is 26.2 Å². The standard InChI is InChI=1S/C27H30N6O2S/c1-27(2,3)33-23(34)16-35-21-6-4-5-18(13-21)25-31-22-11-12-36-24(22)26(32-25)30-20-9-7-17(8-10-20)19-14-28-29-15-19/h4-13,19,28-29H,14-16H2,1-3H3,(H,33,34)(H,30,31,32). The maximum atomic E-state index is 12.1. The fourth-order valence-corrected chi connectivity index (χ4v) is 4.86. The summed E-state index contributed by atoms with van der Waals surface area (Å²) in [5.74, 6) is 2.25. The molecule has 186 valence electrons. The van der Waals surface area contributed by atoms with E-state index in [4.69, 9.17) is 14.7 Å². The van der Waals surface area contributed by atoms with Crippen LogP contribution in [0.15, 0.2) is 60.0 Å². The normalized spacial score (nSPS) is 14.2. The van der Waals surface area contributed by atoms with E-state index >= 15 is 0 Å². The predicted octanol–water partition coefficient (Wildman–Crippen LogP) is 4.59. The molecular formula is C27H30N6O2S. The Labute approximate surface area is 214 Å². The van der Waals surface area contributed by atoms with Crippen molar-refractivity contribution in [3.05, 3.63) is 65.5 Å². The summed E-state index contributed by atoms with van der Waals surface area (Å²) >= 11 is 1.61. The van der Waals surface area contributed by atoms with Crippen LogP contribution in [-0.4, -0.2) is 41.1 Å². The van der Waals surface area contributed by atoms with Gasteiger partial charge in [0.05, 0.1) is 10.2 Å². The molecule has 2 aromatic carbocycles. The molecule has 2 aromatic heterocycles. The van der Waals surface area contributed by atoms with Gasteiger partial charge in [-0.25, -0.2) is 9.97 Å². The Hall–Kier alpha value is -3.53. The van der Waals surface area contributed by atoms with Gasteiger partial charge in [0, 0.05) is 35.8 Å². The second-order valence-corrected chi connectivity index (χ2v) is 10.8. The number of ether oxygens (including phenoxy) is 1. The number of carbonyl (C=O) groups is 1. The van der Waals surface area contributed by atoms with E-state index in [2.05, 4.69) is 45.8 Å². The van der Waals surface area contributed by atoms with Crippen LogP contribution in [0.2, 0.25) is 0 Å². The zero-order valence-electron chi connectivity index (χ0n) is 20.6. The van der Waals surface area contributed by atoms with E-state index in [1.54, 1.807) is 11.3 Å². The lowest BCUT2D eigenvalue weighted by atomic mass is 10.0. The van der Waals surface area contributed by atoms with Crippen LogP contribution >= 0.6 is 11.3 Å². The summed E-state index contributed by atoms with van der Waals surface area (Å²) in [5.41, 5.74) is 10.0. The lowest BCUT2D eigenvalue weighted by Crippen LogP contribution is -2.43. The minimum absolute atomic E-state index is 0.0546. The van der Waals surface area contributed by atoms with Gasteiger partial charge in [0.25, 0.3) is 5.91 Å². The minimum Gasteiger partial charge on any atom is -0.484 e. The van der Waals surface area contributed by atoms with Gasteiger partial charge >= 0.3 is 0 Å². The molecule has 1 aliphatic rings. The van der Waals surface area contributed by atoms with Crippen molar-refractivity contribution in [2.24, 2.45) is 0 Å². The molecule has 1 saturated heterocycles. The number of hydrogen-bond donors (Lipinski definition) is 4. The number of nitrogens with one attached hydrogen (secondary N) is 4. The summed E-state index contributed by atoms with van der Waals surface area (Å²) in [6, 6.07) is 18.0. The minimum atomic E-state index is -0.305. The molecule has 1 aliphatic heterocycles. The van der Waals surface area contributed by atoms with E-state index in [-0.39, 0.29) is 18.1 Å². The molecule has 0 atom stereocenters. The van der Waals surface area contributed by atoms with Crippen molar-refractivity contribution in [2.75, 3.05) is 25.0 Å². The van der Waals surface area contributed by atoms with Crippen LogP contribution in [0.1, 0.15) is 32.3 Å².